The zero-order chi connectivity index (χ0) is 22.7. The Morgan fingerprint density at radius 2 is 1.97 bits per heavy atom. The average Bonchev–Trinajstić information content (AvgIpc) is 2.96. The van der Waals surface area contributed by atoms with Crippen molar-refractivity contribution in [3.05, 3.63) is 32.6 Å². The fourth-order valence-electron chi connectivity index (χ4n) is 4.10. The molecule has 170 valence electrons. The summed E-state index contributed by atoms with van der Waals surface area (Å²) in [5.74, 6) is 0. The number of nitrogens with one attached hydrogen (secondary N) is 1. The van der Waals surface area contributed by atoms with Gasteiger partial charge in [0.1, 0.15) is 17.8 Å². The lowest BCUT2D eigenvalue weighted by atomic mass is 9.80. The zero-order valence-corrected chi connectivity index (χ0v) is 20.1. The van der Waals surface area contributed by atoms with Crippen molar-refractivity contribution in [3.63, 3.8) is 0 Å². The first-order valence-corrected chi connectivity index (χ1v) is 12.4. The molecule has 11 heteroatoms. The van der Waals surface area contributed by atoms with Crippen LogP contribution in [0.2, 0.25) is 0 Å². The molecule has 0 aromatic carbocycles. The number of nitrogens with zero attached hydrogens (tertiary/aromatic N) is 1. The largest absolute Gasteiger partial charge is 0.368 e. The molecule has 0 saturated carbocycles. The van der Waals surface area contributed by atoms with Crippen molar-refractivity contribution < 1.29 is 23.4 Å². The number of aromatic nitrogens is 2. The Bertz CT molecular complexity index is 977. The van der Waals surface area contributed by atoms with E-state index in [-0.39, 0.29) is 12.0 Å². The van der Waals surface area contributed by atoms with Gasteiger partial charge in [-0.1, -0.05) is 20.8 Å². The van der Waals surface area contributed by atoms with Crippen LogP contribution in [0.25, 0.3) is 0 Å². The van der Waals surface area contributed by atoms with Crippen LogP contribution in [0.1, 0.15) is 59.8 Å². The second-order valence-electron chi connectivity index (χ2n) is 10.3. The zero-order valence-electron chi connectivity index (χ0n) is 18.4. The number of hydrogen-bond acceptors (Lipinski definition) is 7. The van der Waals surface area contributed by atoms with Gasteiger partial charge in [0.2, 0.25) is 0 Å². The summed E-state index contributed by atoms with van der Waals surface area (Å²) in [6.45, 7) is 9.71. The molecule has 2 N–H and O–H groups in total. The molecule has 2 fully saturated rings. The molecule has 0 aliphatic carbocycles. The molecule has 3 rings (SSSR count). The Morgan fingerprint density at radius 3 is 2.53 bits per heavy atom. The van der Waals surface area contributed by atoms with E-state index < -0.39 is 47.6 Å². The molecule has 3 unspecified atom stereocenters. The maximum Gasteiger partial charge on any atom is 0.330 e. The molecule has 9 nitrogen and oxygen atoms in total. The summed E-state index contributed by atoms with van der Waals surface area (Å²) in [4.78, 5) is 37.3. The molecule has 1 aromatic rings. The number of H-pyrrole nitrogens is 1. The predicted molar refractivity (Wildman–Crippen MR) is 115 cm³/mol. The van der Waals surface area contributed by atoms with Crippen molar-refractivity contribution in [2.75, 3.05) is 6.61 Å². The molecule has 0 amide bonds. The van der Waals surface area contributed by atoms with E-state index in [0.29, 0.717) is 12.0 Å². The van der Waals surface area contributed by atoms with Crippen LogP contribution >= 0.6 is 6.72 Å². The molecule has 0 radical (unpaired) electrons. The van der Waals surface area contributed by atoms with E-state index >= 15 is 0 Å². The minimum Gasteiger partial charge on any atom is -0.368 e. The lowest BCUT2D eigenvalue weighted by Crippen LogP contribution is -2.45. The van der Waals surface area contributed by atoms with Crippen LogP contribution in [0.15, 0.2) is 15.8 Å². The maximum absolute atomic E-state index is 12.5. The van der Waals surface area contributed by atoms with E-state index in [1.165, 1.54) is 10.8 Å². The van der Waals surface area contributed by atoms with Crippen LogP contribution in [0, 0.1) is 12.3 Å². The number of hydrogen-bond donors (Lipinski definition) is 2. The van der Waals surface area contributed by atoms with Crippen LogP contribution in [0.5, 0.6) is 0 Å². The van der Waals surface area contributed by atoms with Crippen LogP contribution < -0.4 is 11.2 Å². The third-order valence-electron chi connectivity index (χ3n) is 4.86. The van der Waals surface area contributed by atoms with E-state index in [0.717, 1.165) is 0 Å². The molecule has 5 atom stereocenters. The molecule has 1 aromatic heterocycles. The highest BCUT2D eigenvalue weighted by molar-refractivity contribution is 8.07. The Morgan fingerprint density at radius 1 is 1.33 bits per heavy atom. The van der Waals surface area contributed by atoms with Crippen molar-refractivity contribution >= 4 is 18.5 Å². The summed E-state index contributed by atoms with van der Waals surface area (Å²) in [5.41, 5.74) is -2.48. The number of rotatable bonds is 5. The third kappa shape index (κ3) is 4.96. The van der Waals surface area contributed by atoms with E-state index in [2.05, 4.69) is 25.8 Å². The molecule has 2 aliphatic heterocycles. The van der Waals surface area contributed by atoms with Crippen LogP contribution in [0.3, 0.4) is 0 Å². The first-order valence-electron chi connectivity index (χ1n) is 9.85. The van der Waals surface area contributed by atoms with Crippen molar-refractivity contribution in [2.24, 2.45) is 5.41 Å². The highest BCUT2D eigenvalue weighted by Crippen LogP contribution is 2.58. The lowest BCUT2D eigenvalue weighted by molar-refractivity contribution is -0.184. The standard InChI is InChI=1S/C19H31N2O7PS/c1-11-8-21(16(23)20-14(11)22)15-12-13(27-29(24,30)28-18(5,6)7)19(26-15,10-25-12)9-17(2,3)4/h8,12-13,15H,9-10H2,1-7H3,(H,24,30)(H,20,22,23)/t12?,13?,15-,19+,29?/m1/s1. The van der Waals surface area contributed by atoms with E-state index in [1.807, 2.05) is 0 Å². The van der Waals surface area contributed by atoms with Gasteiger partial charge in [0, 0.05) is 11.8 Å². The molecular weight excluding hydrogens is 431 g/mol. The molecule has 30 heavy (non-hydrogen) atoms. The highest BCUT2D eigenvalue weighted by Gasteiger charge is 2.65. The van der Waals surface area contributed by atoms with Crippen molar-refractivity contribution in [2.45, 2.75) is 84.5 Å². The summed E-state index contributed by atoms with van der Waals surface area (Å²) in [5, 5.41) is 0. The Balaban J connectivity index is 2.01. The van der Waals surface area contributed by atoms with Gasteiger partial charge in [-0.3, -0.25) is 18.9 Å². The minimum absolute atomic E-state index is 0.163. The number of fused-ring (bicyclic) bond motifs is 2. The fourth-order valence-corrected chi connectivity index (χ4v) is 6.38. The lowest BCUT2D eigenvalue weighted by Gasteiger charge is -2.37. The molecule has 3 heterocycles. The van der Waals surface area contributed by atoms with Crippen LogP contribution in [-0.2, 0) is 30.3 Å². The van der Waals surface area contributed by atoms with Gasteiger partial charge in [-0.25, -0.2) is 4.79 Å². The number of aryl methyl sites for hydroxylation is 1. The molecular formula is C19H31N2O7PS. The monoisotopic (exact) mass is 462 g/mol. The predicted octanol–water partition coefficient (Wildman–Crippen LogP) is 2.36. The normalized spacial score (nSPS) is 31.1. The smallest absolute Gasteiger partial charge is 0.330 e. The van der Waals surface area contributed by atoms with Gasteiger partial charge in [-0.15, -0.1) is 0 Å². The van der Waals surface area contributed by atoms with Gasteiger partial charge >= 0.3 is 12.4 Å². The minimum atomic E-state index is -3.63. The topological polar surface area (TPSA) is 112 Å². The third-order valence-corrected chi connectivity index (χ3v) is 6.61. The summed E-state index contributed by atoms with van der Waals surface area (Å²) in [6.07, 6.45) is -0.288. The van der Waals surface area contributed by atoms with Crippen LogP contribution in [0.4, 0.5) is 0 Å². The molecule has 0 spiro atoms. The first kappa shape index (κ1) is 23.8. The van der Waals surface area contributed by atoms with Crippen LogP contribution in [-0.4, -0.2) is 44.5 Å². The van der Waals surface area contributed by atoms with E-state index in [9.17, 15) is 14.5 Å². The quantitative estimate of drug-likeness (QED) is 0.642. The maximum atomic E-state index is 12.5. The van der Waals surface area contributed by atoms with Crippen molar-refractivity contribution in [3.8, 4) is 0 Å². The van der Waals surface area contributed by atoms with Crippen molar-refractivity contribution in [1.82, 2.24) is 9.55 Å². The second kappa shape index (κ2) is 7.62. The van der Waals surface area contributed by atoms with Gasteiger partial charge < -0.3 is 18.9 Å². The second-order valence-corrected chi connectivity index (χ2v) is 13.0. The summed E-state index contributed by atoms with van der Waals surface area (Å²) in [6, 6.07) is 0. The van der Waals surface area contributed by atoms with Gasteiger partial charge in [0.25, 0.3) is 5.56 Å². The Kier molecular flexibility index (Phi) is 6.04. The Hall–Kier alpha value is -0.870. The summed E-state index contributed by atoms with van der Waals surface area (Å²) < 4.78 is 25.3. The summed E-state index contributed by atoms with van der Waals surface area (Å²) in [7, 11) is 0. The average molecular weight is 463 g/mol. The number of ether oxygens (including phenoxy) is 2. The molecule has 2 aliphatic rings. The summed E-state index contributed by atoms with van der Waals surface area (Å²) >= 11 is 5.27. The fraction of sp³-hybridized carbons (Fsp3) is 0.789. The first-order chi connectivity index (χ1) is 13.5. The van der Waals surface area contributed by atoms with Gasteiger partial charge in [0.05, 0.1) is 12.2 Å². The molecule has 2 bridgehead atoms. The van der Waals surface area contributed by atoms with E-state index in [4.69, 9.17) is 30.3 Å². The van der Waals surface area contributed by atoms with Gasteiger partial charge in [-0.05, 0) is 51.3 Å². The molecule has 2 saturated heterocycles. The number of aromatic amines is 1. The Labute approximate surface area is 180 Å². The van der Waals surface area contributed by atoms with Gasteiger partial charge in [-0.2, -0.15) is 0 Å². The SMILES string of the molecule is Cc1cn([C@@H]2O[C@@]3(CC(C)(C)C)COC2C3OP(O)(=S)OC(C)(C)C)c(=O)[nH]c1=O. The highest BCUT2D eigenvalue weighted by atomic mass is 32.5. The van der Waals surface area contributed by atoms with Crippen molar-refractivity contribution in [1.29, 1.82) is 0 Å². The van der Waals surface area contributed by atoms with E-state index in [1.54, 1.807) is 27.7 Å². The van der Waals surface area contributed by atoms with Gasteiger partial charge in [0.15, 0.2) is 6.23 Å².